The Hall–Kier alpha value is -1.35. The standard InChI is InChI=1S/C17H21ClN2O/c18-15(13-9-7-4-8-10-13)17-20-19-16(21-17)14-11-5-2-1-3-6-12-14/h4,7-10,14-15H,1-3,5-6,11-12H2. The van der Waals surface area contributed by atoms with E-state index in [0.717, 1.165) is 24.3 Å². The number of nitrogens with zero attached hydrogens (tertiary/aromatic N) is 2. The zero-order valence-corrected chi connectivity index (χ0v) is 12.9. The molecule has 3 nitrogen and oxygen atoms in total. The van der Waals surface area contributed by atoms with E-state index in [1.807, 2.05) is 30.3 Å². The van der Waals surface area contributed by atoms with Crippen molar-refractivity contribution < 1.29 is 4.42 Å². The second kappa shape index (κ2) is 7.08. The predicted octanol–water partition coefficient (Wildman–Crippen LogP) is 5.23. The molecule has 1 aromatic heterocycles. The lowest BCUT2D eigenvalue weighted by Gasteiger charge is -2.15. The zero-order valence-electron chi connectivity index (χ0n) is 12.2. The van der Waals surface area contributed by atoms with Gasteiger partial charge in [-0.25, -0.2) is 0 Å². The van der Waals surface area contributed by atoms with Gasteiger partial charge in [0.05, 0.1) is 0 Å². The lowest BCUT2D eigenvalue weighted by molar-refractivity contribution is 0.364. The first-order valence-corrected chi connectivity index (χ1v) is 8.30. The predicted molar refractivity (Wildman–Crippen MR) is 83.5 cm³/mol. The Bertz CT molecular complexity index is 547. The molecule has 0 aliphatic heterocycles. The molecule has 1 unspecified atom stereocenters. The highest BCUT2D eigenvalue weighted by Crippen LogP contribution is 2.33. The Balaban J connectivity index is 1.73. The van der Waals surface area contributed by atoms with Crippen molar-refractivity contribution in [1.82, 2.24) is 10.2 Å². The van der Waals surface area contributed by atoms with Crippen LogP contribution in [0.25, 0.3) is 0 Å². The lowest BCUT2D eigenvalue weighted by atomic mass is 9.91. The van der Waals surface area contributed by atoms with Crippen molar-refractivity contribution in [2.45, 2.75) is 56.2 Å². The minimum absolute atomic E-state index is 0.360. The van der Waals surface area contributed by atoms with Crippen molar-refractivity contribution in [2.24, 2.45) is 0 Å². The van der Waals surface area contributed by atoms with E-state index in [4.69, 9.17) is 16.0 Å². The van der Waals surface area contributed by atoms with E-state index in [1.54, 1.807) is 0 Å². The van der Waals surface area contributed by atoms with Gasteiger partial charge in [-0.1, -0.05) is 62.4 Å². The van der Waals surface area contributed by atoms with Gasteiger partial charge in [0.25, 0.3) is 0 Å². The highest BCUT2D eigenvalue weighted by Gasteiger charge is 2.23. The number of hydrogen-bond donors (Lipinski definition) is 0. The summed E-state index contributed by atoms with van der Waals surface area (Å²) in [4.78, 5) is 0. The van der Waals surface area contributed by atoms with E-state index in [0.29, 0.717) is 11.8 Å². The average Bonchev–Trinajstić information content (AvgIpc) is 2.97. The topological polar surface area (TPSA) is 38.9 Å². The van der Waals surface area contributed by atoms with Gasteiger partial charge in [-0.2, -0.15) is 0 Å². The van der Waals surface area contributed by atoms with E-state index in [-0.39, 0.29) is 5.38 Å². The molecule has 1 heterocycles. The number of rotatable bonds is 3. The van der Waals surface area contributed by atoms with Crippen LogP contribution in [0.15, 0.2) is 34.7 Å². The third-order valence-corrected chi connectivity index (χ3v) is 4.66. The van der Waals surface area contributed by atoms with Crippen molar-refractivity contribution in [3.8, 4) is 0 Å². The van der Waals surface area contributed by atoms with Gasteiger partial charge in [-0.05, 0) is 18.4 Å². The molecule has 1 fully saturated rings. The lowest BCUT2D eigenvalue weighted by Crippen LogP contribution is -2.02. The molecule has 0 saturated heterocycles. The van der Waals surface area contributed by atoms with Crippen LogP contribution in [0, 0.1) is 0 Å². The van der Waals surface area contributed by atoms with Gasteiger partial charge in [0, 0.05) is 5.92 Å². The normalized spacial score (nSPS) is 18.9. The Morgan fingerprint density at radius 1 is 0.952 bits per heavy atom. The first-order chi connectivity index (χ1) is 10.3. The van der Waals surface area contributed by atoms with E-state index >= 15 is 0 Å². The second-order valence-electron chi connectivity index (χ2n) is 5.79. The van der Waals surface area contributed by atoms with Gasteiger partial charge in [0.1, 0.15) is 5.38 Å². The second-order valence-corrected chi connectivity index (χ2v) is 6.23. The molecule has 4 heteroatoms. The smallest absolute Gasteiger partial charge is 0.238 e. The van der Waals surface area contributed by atoms with Crippen molar-refractivity contribution >= 4 is 11.6 Å². The molecule has 0 radical (unpaired) electrons. The molecule has 0 spiro atoms. The summed E-state index contributed by atoms with van der Waals surface area (Å²) in [6, 6.07) is 9.88. The van der Waals surface area contributed by atoms with E-state index in [9.17, 15) is 0 Å². The number of benzene rings is 1. The fourth-order valence-corrected chi connectivity index (χ4v) is 3.22. The summed E-state index contributed by atoms with van der Waals surface area (Å²) in [5.41, 5.74) is 0.993. The fourth-order valence-electron chi connectivity index (χ4n) is 2.98. The minimum atomic E-state index is -0.360. The van der Waals surface area contributed by atoms with Gasteiger partial charge < -0.3 is 4.42 Å². The molecular formula is C17H21ClN2O. The largest absolute Gasteiger partial charge is 0.423 e. The van der Waals surface area contributed by atoms with Crippen LogP contribution in [0.5, 0.6) is 0 Å². The summed E-state index contributed by atoms with van der Waals surface area (Å²) in [6.45, 7) is 0. The third kappa shape index (κ3) is 3.65. The number of hydrogen-bond acceptors (Lipinski definition) is 3. The van der Waals surface area contributed by atoms with Gasteiger partial charge in [-0.15, -0.1) is 21.8 Å². The Kier molecular flexibility index (Phi) is 4.91. The highest BCUT2D eigenvalue weighted by atomic mass is 35.5. The Morgan fingerprint density at radius 2 is 1.62 bits per heavy atom. The maximum Gasteiger partial charge on any atom is 0.238 e. The van der Waals surface area contributed by atoms with Crippen LogP contribution in [0.3, 0.4) is 0 Å². The summed E-state index contributed by atoms with van der Waals surface area (Å²) in [7, 11) is 0. The maximum atomic E-state index is 6.45. The summed E-state index contributed by atoms with van der Waals surface area (Å²) in [5.74, 6) is 1.69. The van der Waals surface area contributed by atoms with Gasteiger partial charge in [0.15, 0.2) is 0 Å². The van der Waals surface area contributed by atoms with Crippen LogP contribution in [0.2, 0.25) is 0 Å². The quantitative estimate of drug-likeness (QED) is 0.729. The summed E-state index contributed by atoms with van der Waals surface area (Å²) < 4.78 is 5.88. The molecule has 1 atom stereocenters. The molecule has 112 valence electrons. The molecular weight excluding hydrogens is 284 g/mol. The van der Waals surface area contributed by atoms with Gasteiger partial charge >= 0.3 is 0 Å². The number of alkyl halides is 1. The van der Waals surface area contributed by atoms with Crippen LogP contribution in [0.4, 0.5) is 0 Å². The molecule has 1 aromatic carbocycles. The van der Waals surface area contributed by atoms with Crippen LogP contribution in [-0.4, -0.2) is 10.2 Å². The van der Waals surface area contributed by atoms with Gasteiger partial charge in [0.2, 0.25) is 11.8 Å². The van der Waals surface area contributed by atoms with Crippen molar-refractivity contribution in [1.29, 1.82) is 0 Å². The van der Waals surface area contributed by atoms with E-state index in [1.165, 1.54) is 32.1 Å². The molecule has 3 rings (SSSR count). The van der Waals surface area contributed by atoms with Crippen LogP contribution in [0.1, 0.15) is 73.6 Å². The van der Waals surface area contributed by atoms with Crippen molar-refractivity contribution in [3.05, 3.63) is 47.7 Å². The fraction of sp³-hybridized carbons (Fsp3) is 0.529. The van der Waals surface area contributed by atoms with E-state index in [2.05, 4.69) is 10.2 Å². The molecule has 1 aliphatic rings. The SMILES string of the molecule is ClC(c1ccccc1)c1nnc(C2CCCCCCC2)o1. The van der Waals surface area contributed by atoms with Gasteiger partial charge in [-0.3, -0.25) is 0 Å². The van der Waals surface area contributed by atoms with Crippen LogP contribution < -0.4 is 0 Å². The molecule has 21 heavy (non-hydrogen) atoms. The van der Waals surface area contributed by atoms with Crippen LogP contribution >= 0.6 is 11.6 Å². The summed E-state index contributed by atoms with van der Waals surface area (Å²) in [6.07, 6.45) is 8.81. The van der Waals surface area contributed by atoms with Crippen molar-refractivity contribution in [2.75, 3.05) is 0 Å². The Labute approximate surface area is 130 Å². The highest BCUT2D eigenvalue weighted by molar-refractivity contribution is 6.22. The zero-order chi connectivity index (χ0) is 14.5. The molecule has 1 aliphatic carbocycles. The minimum Gasteiger partial charge on any atom is -0.423 e. The molecule has 2 aromatic rings. The monoisotopic (exact) mass is 304 g/mol. The number of halogens is 1. The van der Waals surface area contributed by atoms with Crippen molar-refractivity contribution in [3.63, 3.8) is 0 Å². The number of aromatic nitrogens is 2. The summed E-state index contributed by atoms with van der Waals surface area (Å²) in [5, 5.41) is 8.07. The van der Waals surface area contributed by atoms with E-state index < -0.39 is 0 Å². The third-order valence-electron chi connectivity index (χ3n) is 4.22. The first-order valence-electron chi connectivity index (χ1n) is 7.87. The molecule has 0 N–H and O–H groups in total. The molecule has 1 saturated carbocycles. The molecule has 0 bridgehead atoms. The average molecular weight is 305 g/mol. The first kappa shape index (κ1) is 14.6. The molecule has 0 amide bonds. The Morgan fingerprint density at radius 3 is 2.33 bits per heavy atom. The summed E-state index contributed by atoms with van der Waals surface area (Å²) >= 11 is 6.45. The van der Waals surface area contributed by atoms with Crippen LogP contribution in [-0.2, 0) is 0 Å². The maximum absolute atomic E-state index is 6.45.